The molecule has 0 fully saturated rings. The van der Waals surface area contributed by atoms with Crippen molar-refractivity contribution in [2.24, 2.45) is 0 Å². The third kappa shape index (κ3) is 2.50. The fraction of sp³-hybridized carbons (Fsp3) is 0.0714. The van der Waals surface area contributed by atoms with Gasteiger partial charge in [0.2, 0.25) is 0 Å². The Morgan fingerprint density at radius 3 is 2.89 bits per heavy atom. The molecule has 3 nitrogen and oxygen atoms in total. The van der Waals surface area contributed by atoms with Crippen LogP contribution in [0.3, 0.4) is 0 Å². The quantitative estimate of drug-likeness (QED) is 0.700. The Kier molecular flexibility index (Phi) is 3.05. The average Bonchev–Trinajstić information content (AvgIpc) is 2.75. The van der Waals surface area contributed by atoms with Crippen molar-refractivity contribution in [3.05, 3.63) is 47.0 Å². The van der Waals surface area contributed by atoms with Crippen LogP contribution >= 0.6 is 22.9 Å². The predicted octanol–water partition coefficient (Wildman–Crippen LogP) is 4.63. The molecule has 96 valence electrons. The molecule has 3 aromatic rings. The Balaban J connectivity index is 1.98. The van der Waals surface area contributed by atoms with Gasteiger partial charge in [-0.2, -0.15) is 0 Å². The lowest BCUT2D eigenvalue weighted by Crippen LogP contribution is -1.86. The molecule has 2 aromatic carbocycles. The minimum Gasteiger partial charge on any atom is -0.431 e. The molecular formula is C14H11ClN2OS. The lowest BCUT2D eigenvalue weighted by atomic mass is 10.2. The molecule has 0 bridgehead atoms. The van der Waals surface area contributed by atoms with E-state index in [0.29, 0.717) is 10.2 Å². The van der Waals surface area contributed by atoms with Crippen LogP contribution in [0, 0.1) is 6.92 Å². The largest absolute Gasteiger partial charge is 0.431 e. The van der Waals surface area contributed by atoms with Crippen LogP contribution in [0.4, 0.5) is 5.69 Å². The monoisotopic (exact) mass is 290 g/mol. The normalized spacial score (nSPS) is 10.8. The van der Waals surface area contributed by atoms with Gasteiger partial charge in [0.05, 0.1) is 10.2 Å². The maximum Gasteiger partial charge on any atom is 0.279 e. The van der Waals surface area contributed by atoms with Crippen molar-refractivity contribution in [3.8, 4) is 10.9 Å². The van der Waals surface area contributed by atoms with E-state index >= 15 is 0 Å². The fourth-order valence-corrected chi connectivity index (χ4v) is 2.78. The smallest absolute Gasteiger partial charge is 0.279 e. The second kappa shape index (κ2) is 4.72. The molecule has 0 radical (unpaired) electrons. The first kappa shape index (κ1) is 12.3. The van der Waals surface area contributed by atoms with E-state index in [4.69, 9.17) is 22.1 Å². The van der Waals surface area contributed by atoms with E-state index in [0.717, 1.165) is 27.2 Å². The van der Waals surface area contributed by atoms with Crippen LogP contribution in [0.2, 0.25) is 5.02 Å². The van der Waals surface area contributed by atoms with Crippen molar-refractivity contribution in [1.82, 2.24) is 4.98 Å². The van der Waals surface area contributed by atoms with E-state index in [1.807, 2.05) is 37.3 Å². The van der Waals surface area contributed by atoms with Crippen LogP contribution in [0.25, 0.3) is 10.2 Å². The van der Waals surface area contributed by atoms with Crippen molar-refractivity contribution in [2.45, 2.75) is 6.92 Å². The fourth-order valence-electron chi connectivity index (χ4n) is 1.74. The van der Waals surface area contributed by atoms with Gasteiger partial charge >= 0.3 is 0 Å². The number of hydrogen-bond donors (Lipinski definition) is 1. The van der Waals surface area contributed by atoms with Crippen molar-refractivity contribution in [1.29, 1.82) is 0 Å². The molecule has 19 heavy (non-hydrogen) atoms. The number of nitrogens with two attached hydrogens (primary N) is 1. The zero-order valence-corrected chi connectivity index (χ0v) is 11.8. The molecule has 0 amide bonds. The summed E-state index contributed by atoms with van der Waals surface area (Å²) in [7, 11) is 0. The lowest BCUT2D eigenvalue weighted by molar-refractivity contribution is 0.476. The zero-order chi connectivity index (χ0) is 13.4. The number of ether oxygens (including phenoxy) is 1. The number of hydrogen-bond acceptors (Lipinski definition) is 4. The number of benzene rings is 2. The molecule has 1 heterocycles. The highest BCUT2D eigenvalue weighted by Gasteiger charge is 2.08. The summed E-state index contributed by atoms with van der Waals surface area (Å²) >= 11 is 7.43. The molecule has 0 aliphatic heterocycles. The minimum absolute atomic E-state index is 0.589. The summed E-state index contributed by atoms with van der Waals surface area (Å²) < 4.78 is 6.81. The predicted molar refractivity (Wildman–Crippen MR) is 80.3 cm³/mol. The highest BCUT2D eigenvalue weighted by Crippen LogP contribution is 2.34. The van der Waals surface area contributed by atoms with Gasteiger partial charge in [-0.1, -0.05) is 29.0 Å². The third-order valence-electron chi connectivity index (χ3n) is 2.74. The topological polar surface area (TPSA) is 48.1 Å². The summed E-state index contributed by atoms with van der Waals surface area (Å²) in [5.41, 5.74) is 8.37. The van der Waals surface area contributed by atoms with E-state index in [1.165, 1.54) is 11.3 Å². The molecule has 0 saturated carbocycles. The summed E-state index contributed by atoms with van der Waals surface area (Å²) in [5.74, 6) is 0.722. The first-order valence-corrected chi connectivity index (χ1v) is 6.91. The SMILES string of the molecule is Cc1ccc(Cl)cc1Oc1nc2ccc(N)cc2s1. The second-order valence-electron chi connectivity index (χ2n) is 4.22. The van der Waals surface area contributed by atoms with Crippen LogP contribution in [0.5, 0.6) is 10.9 Å². The maximum absolute atomic E-state index is 5.97. The maximum atomic E-state index is 5.97. The number of aromatic nitrogens is 1. The molecular weight excluding hydrogens is 280 g/mol. The summed E-state index contributed by atoms with van der Waals surface area (Å²) in [4.78, 5) is 4.42. The van der Waals surface area contributed by atoms with Crippen molar-refractivity contribution in [2.75, 3.05) is 5.73 Å². The first-order valence-electron chi connectivity index (χ1n) is 5.72. The van der Waals surface area contributed by atoms with Gasteiger partial charge in [0.15, 0.2) is 0 Å². The van der Waals surface area contributed by atoms with E-state index in [-0.39, 0.29) is 0 Å². The third-order valence-corrected chi connectivity index (χ3v) is 3.87. The standard InChI is InChI=1S/C14H11ClN2OS/c1-8-2-3-9(15)6-12(8)18-14-17-11-5-4-10(16)7-13(11)19-14/h2-7H,16H2,1H3. The van der Waals surface area contributed by atoms with Gasteiger partial charge in [-0.3, -0.25) is 0 Å². The Morgan fingerprint density at radius 1 is 1.21 bits per heavy atom. The van der Waals surface area contributed by atoms with Crippen LogP contribution < -0.4 is 10.5 Å². The molecule has 5 heteroatoms. The zero-order valence-electron chi connectivity index (χ0n) is 10.2. The second-order valence-corrected chi connectivity index (χ2v) is 5.65. The van der Waals surface area contributed by atoms with Gasteiger partial charge in [0.25, 0.3) is 5.19 Å². The van der Waals surface area contributed by atoms with Gasteiger partial charge in [-0.25, -0.2) is 4.98 Å². The van der Waals surface area contributed by atoms with E-state index in [1.54, 1.807) is 6.07 Å². The lowest BCUT2D eigenvalue weighted by Gasteiger charge is -2.05. The van der Waals surface area contributed by atoms with Gasteiger partial charge in [0, 0.05) is 10.7 Å². The number of fused-ring (bicyclic) bond motifs is 1. The van der Waals surface area contributed by atoms with Crippen LogP contribution in [0.15, 0.2) is 36.4 Å². The van der Waals surface area contributed by atoms with Crippen LogP contribution in [-0.2, 0) is 0 Å². The molecule has 0 saturated heterocycles. The number of anilines is 1. The number of halogens is 1. The van der Waals surface area contributed by atoms with Gasteiger partial charge in [-0.15, -0.1) is 0 Å². The minimum atomic E-state index is 0.589. The number of nitrogen functional groups attached to an aromatic ring is 1. The first-order chi connectivity index (χ1) is 9.11. The summed E-state index contributed by atoms with van der Waals surface area (Å²) in [6.07, 6.45) is 0. The van der Waals surface area contributed by atoms with Gasteiger partial charge in [0.1, 0.15) is 5.75 Å². The average molecular weight is 291 g/mol. The molecule has 0 atom stereocenters. The molecule has 0 aliphatic rings. The molecule has 2 N–H and O–H groups in total. The Hall–Kier alpha value is -1.78. The summed E-state index contributed by atoms with van der Waals surface area (Å²) in [6.45, 7) is 1.97. The Labute approximate surface area is 119 Å². The van der Waals surface area contributed by atoms with Crippen molar-refractivity contribution >= 4 is 38.8 Å². The van der Waals surface area contributed by atoms with E-state index in [9.17, 15) is 0 Å². The molecule has 0 unspecified atom stereocenters. The van der Waals surface area contributed by atoms with Gasteiger partial charge in [-0.05, 0) is 42.8 Å². The van der Waals surface area contributed by atoms with Crippen molar-refractivity contribution in [3.63, 3.8) is 0 Å². The van der Waals surface area contributed by atoms with Crippen LogP contribution in [0.1, 0.15) is 5.56 Å². The molecule has 1 aromatic heterocycles. The summed E-state index contributed by atoms with van der Waals surface area (Å²) in [6, 6.07) is 11.2. The number of rotatable bonds is 2. The Morgan fingerprint density at radius 2 is 2.05 bits per heavy atom. The van der Waals surface area contributed by atoms with Gasteiger partial charge < -0.3 is 10.5 Å². The van der Waals surface area contributed by atoms with E-state index in [2.05, 4.69) is 4.98 Å². The highest BCUT2D eigenvalue weighted by atomic mass is 35.5. The number of nitrogens with zero attached hydrogens (tertiary/aromatic N) is 1. The van der Waals surface area contributed by atoms with Crippen molar-refractivity contribution < 1.29 is 4.74 Å². The Bertz CT molecular complexity index is 754. The molecule has 0 spiro atoms. The number of thiazole rings is 1. The van der Waals surface area contributed by atoms with Crippen LogP contribution in [-0.4, -0.2) is 4.98 Å². The van der Waals surface area contributed by atoms with E-state index < -0.39 is 0 Å². The molecule has 3 rings (SSSR count). The molecule has 0 aliphatic carbocycles. The summed E-state index contributed by atoms with van der Waals surface area (Å²) in [5, 5.41) is 1.23. The highest BCUT2D eigenvalue weighted by molar-refractivity contribution is 7.20. The number of aryl methyl sites for hydroxylation is 1.